The zero-order valence-corrected chi connectivity index (χ0v) is 11.5. The predicted molar refractivity (Wildman–Crippen MR) is 72.1 cm³/mol. The monoisotopic (exact) mass is 275 g/mol. The fraction of sp³-hybridized carbons (Fsp3) is 0.500. The van der Waals surface area contributed by atoms with Crippen LogP contribution in [0.1, 0.15) is 18.9 Å². The van der Waals surface area contributed by atoms with Gasteiger partial charge in [-0.25, -0.2) is 8.42 Å². The Morgan fingerprint density at radius 2 is 2.00 bits per heavy atom. The number of hydrogen-bond donors (Lipinski definition) is 1. The highest BCUT2D eigenvalue weighted by atomic mass is 35.5. The molecule has 96 valence electrons. The van der Waals surface area contributed by atoms with Crippen LogP contribution in [0.25, 0.3) is 0 Å². The molecular weight excluding hydrogens is 258 g/mol. The van der Waals surface area contributed by atoms with Crippen molar-refractivity contribution in [3.05, 3.63) is 34.9 Å². The molecule has 0 aliphatic rings. The number of benzene rings is 1. The van der Waals surface area contributed by atoms with Gasteiger partial charge in [-0.1, -0.05) is 36.7 Å². The molecule has 1 aromatic carbocycles. The quantitative estimate of drug-likeness (QED) is 0.777. The first kappa shape index (κ1) is 14.5. The smallest absolute Gasteiger partial charge is 0.154 e. The van der Waals surface area contributed by atoms with Gasteiger partial charge in [0.2, 0.25) is 0 Å². The number of rotatable bonds is 7. The highest BCUT2D eigenvalue weighted by Gasteiger charge is 2.13. The van der Waals surface area contributed by atoms with Crippen molar-refractivity contribution in [2.75, 3.05) is 18.8 Å². The van der Waals surface area contributed by atoms with Gasteiger partial charge in [0, 0.05) is 5.02 Å². The van der Waals surface area contributed by atoms with Gasteiger partial charge in [-0.2, -0.15) is 0 Å². The molecule has 0 fully saturated rings. The van der Waals surface area contributed by atoms with E-state index in [0.717, 1.165) is 13.1 Å². The minimum Gasteiger partial charge on any atom is -0.317 e. The van der Waals surface area contributed by atoms with Gasteiger partial charge in [0.15, 0.2) is 9.84 Å². The summed E-state index contributed by atoms with van der Waals surface area (Å²) in [4.78, 5) is 0. The minimum atomic E-state index is -3.06. The maximum Gasteiger partial charge on any atom is 0.154 e. The van der Waals surface area contributed by atoms with Gasteiger partial charge in [-0.05, 0) is 31.1 Å². The van der Waals surface area contributed by atoms with Gasteiger partial charge in [0.25, 0.3) is 0 Å². The number of sulfone groups is 1. The first-order valence-electron chi connectivity index (χ1n) is 5.69. The Balaban J connectivity index is 2.52. The second kappa shape index (κ2) is 6.99. The van der Waals surface area contributed by atoms with Gasteiger partial charge in [0.1, 0.15) is 0 Å². The summed E-state index contributed by atoms with van der Waals surface area (Å²) in [6, 6.07) is 7.06. The lowest BCUT2D eigenvalue weighted by Crippen LogP contribution is -2.18. The Morgan fingerprint density at radius 3 is 2.65 bits per heavy atom. The van der Waals surface area contributed by atoms with E-state index in [0.29, 0.717) is 17.0 Å². The molecule has 1 aromatic rings. The van der Waals surface area contributed by atoms with Crippen molar-refractivity contribution in [2.24, 2.45) is 0 Å². The summed E-state index contributed by atoms with van der Waals surface area (Å²) in [6.45, 7) is 3.60. The number of halogens is 1. The van der Waals surface area contributed by atoms with E-state index in [1.54, 1.807) is 24.3 Å². The second-order valence-electron chi connectivity index (χ2n) is 3.89. The third kappa shape index (κ3) is 5.52. The van der Waals surface area contributed by atoms with Crippen molar-refractivity contribution in [2.45, 2.75) is 19.1 Å². The molecule has 1 rings (SSSR count). The molecule has 17 heavy (non-hydrogen) atoms. The van der Waals surface area contributed by atoms with Crippen molar-refractivity contribution in [1.82, 2.24) is 5.32 Å². The van der Waals surface area contributed by atoms with E-state index in [4.69, 9.17) is 11.6 Å². The van der Waals surface area contributed by atoms with Crippen LogP contribution >= 0.6 is 11.6 Å². The summed E-state index contributed by atoms with van der Waals surface area (Å²) in [7, 11) is -3.06. The molecule has 0 bridgehead atoms. The topological polar surface area (TPSA) is 46.2 Å². The standard InChI is InChI=1S/C12H18ClNO2S/c1-2-14-8-5-9-17(15,16)10-11-6-3-4-7-12(11)13/h3-4,6-7,14H,2,5,8-10H2,1H3. The van der Waals surface area contributed by atoms with E-state index in [2.05, 4.69) is 5.32 Å². The molecule has 0 amide bonds. The maximum absolute atomic E-state index is 11.8. The van der Waals surface area contributed by atoms with E-state index in [9.17, 15) is 8.42 Å². The molecule has 3 nitrogen and oxygen atoms in total. The first-order chi connectivity index (χ1) is 8.05. The van der Waals surface area contributed by atoms with E-state index < -0.39 is 9.84 Å². The van der Waals surface area contributed by atoms with Gasteiger partial charge < -0.3 is 5.32 Å². The Hall–Kier alpha value is -0.580. The molecule has 1 N–H and O–H groups in total. The molecule has 0 unspecified atom stereocenters. The van der Waals surface area contributed by atoms with Crippen LogP contribution in [0.15, 0.2) is 24.3 Å². The van der Waals surface area contributed by atoms with Crippen LogP contribution in [0, 0.1) is 0 Å². The normalized spacial score (nSPS) is 11.6. The van der Waals surface area contributed by atoms with E-state index in [1.165, 1.54) is 0 Å². The summed E-state index contributed by atoms with van der Waals surface area (Å²) in [5.41, 5.74) is 0.678. The maximum atomic E-state index is 11.8. The molecule has 0 atom stereocenters. The highest BCUT2D eigenvalue weighted by molar-refractivity contribution is 7.90. The first-order valence-corrected chi connectivity index (χ1v) is 7.89. The SMILES string of the molecule is CCNCCCS(=O)(=O)Cc1ccccc1Cl. The molecular formula is C12H18ClNO2S. The van der Waals surface area contributed by atoms with Crippen LogP contribution in [0.2, 0.25) is 5.02 Å². The molecule has 0 saturated carbocycles. The fourth-order valence-electron chi connectivity index (χ4n) is 1.52. The van der Waals surface area contributed by atoms with Crippen LogP contribution < -0.4 is 5.32 Å². The number of nitrogens with one attached hydrogen (secondary N) is 1. The highest BCUT2D eigenvalue weighted by Crippen LogP contribution is 2.18. The molecule has 0 radical (unpaired) electrons. The van der Waals surface area contributed by atoms with Crippen LogP contribution in [0.3, 0.4) is 0 Å². The summed E-state index contributed by atoms with van der Waals surface area (Å²) in [6.07, 6.45) is 0.640. The molecule has 0 saturated heterocycles. The zero-order chi connectivity index (χ0) is 12.7. The minimum absolute atomic E-state index is 0.0266. The molecule has 0 aliphatic carbocycles. The van der Waals surface area contributed by atoms with Crippen molar-refractivity contribution < 1.29 is 8.42 Å². The van der Waals surface area contributed by atoms with E-state index in [-0.39, 0.29) is 11.5 Å². The molecule has 0 aromatic heterocycles. The van der Waals surface area contributed by atoms with Crippen molar-refractivity contribution in [3.8, 4) is 0 Å². The lowest BCUT2D eigenvalue weighted by molar-refractivity contribution is 0.589. The lowest BCUT2D eigenvalue weighted by atomic mass is 10.2. The van der Waals surface area contributed by atoms with E-state index >= 15 is 0 Å². The summed E-state index contributed by atoms with van der Waals surface area (Å²) in [5, 5.41) is 3.62. The van der Waals surface area contributed by atoms with Crippen LogP contribution in [-0.4, -0.2) is 27.3 Å². The van der Waals surface area contributed by atoms with Gasteiger partial charge in [-0.15, -0.1) is 0 Å². The average molecular weight is 276 g/mol. The van der Waals surface area contributed by atoms with Crippen molar-refractivity contribution in [3.63, 3.8) is 0 Å². The fourth-order valence-corrected chi connectivity index (χ4v) is 3.25. The predicted octanol–water partition coefficient (Wildman–Crippen LogP) is 2.25. The molecule has 0 heterocycles. The van der Waals surface area contributed by atoms with Crippen LogP contribution in [0.5, 0.6) is 0 Å². The van der Waals surface area contributed by atoms with Gasteiger partial charge >= 0.3 is 0 Å². The van der Waals surface area contributed by atoms with Gasteiger partial charge in [-0.3, -0.25) is 0 Å². The number of hydrogen-bond acceptors (Lipinski definition) is 3. The van der Waals surface area contributed by atoms with Gasteiger partial charge in [0.05, 0.1) is 11.5 Å². The Kier molecular flexibility index (Phi) is 5.95. The van der Waals surface area contributed by atoms with Crippen molar-refractivity contribution in [1.29, 1.82) is 0 Å². The van der Waals surface area contributed by atoms with E-state index in [1.807, 2.05) is 6.92 Å². The largest absolute Gasteiger partial charge is 0.317 e. The lowest BCUT2D eigenvalue weighted by Gasteiger charge is -2.06. The molecule has 5 heteroatoms. The summed E-state index contributed by atoms with van der Waals surface area (Å²) >= 11 is 5.94. The Labute approximate surface area is 108 Å². The Morgan fingerprint density at radius 1 is 1.29 bits per heavy atom. The zero-order valence-electron chi connectivity index (χ0n) is 9.95. The Bertz CT molecular complexity index is 446. The van der Waals surface area contributed by atoms with Crippen LogP contribution in [0.4, 0.5) is 0 Å². The third-order valence-electron chi connectivity index (χ3n) is 2.39. The van der Waals surface area contributed by atoms with Crippen LogP contribution in [-0.2, 0) is 15.6 Å². The molecule has 0 aliphatic heterocycles. The third-order valence-corrected chi connectivity index (χ3v) is 4.42. The summed E-state index contributed by atoms with van der Waals surface area (Å²) in [5.74, 6) is 0.226. The summed E-state index contributed by atoms with van der Waals surface area (Å²) < 4.78 is 23.7. The second-order valence-corrected chi connectivity index (χ2v) is 6.48. The molecule has 0 spiro atoms. The van der Waals surface area contributed by atoms with Crippen molar-refractivity contribution >= 4 is 21.4 Å². The average Bonchev–Trinajstić information content (AvgIpc) is 2.28.